The number of hydrogen-bond acceptors (Lipinski definition) is 3. The van der Waals surface area contributed by atoms with Crippen LogP contribution in [-0.2, 0) is 22.4 Å². The van der Waals surface area contributed by atoms with Crippen LogP contribution in [0.1, 0.15) is 60.9 Å². The molecular weight excluding hydrogens is 528 g/mol. The Balaban J connectivity index is 1.39. The van der Waals surface area contributed by atoms with Crippen LogP contribution in [0.5, 0.6) is 0 Å². The zero-order chi connectivity index (χ0) is 27.9. The van der Waals surface area contributed by atoms with E-state index < -0.39 is 0 Å². The van der Waals surface area contributed by atoms with Crippen LogP contribution in [0.25, 0.3) is 0 Å². The van der Waals surface area contributed by atoms with E-state index in [9.17, 15) is 9.59 Å². The highest BCUT2D eigenvalue weighted by atomic mass is 35.5. The predicted molar refractivity (Wildman–Crippen MR) is 160 cm³/mol. The second kappa shape index (κ2) is 13.5. The van der Waals surface area contributed by atoms with E-state index in [0.717, 1.165) is 48.1 Å². The van der Waals surface area contributed by atoms with E-state index in [2.05, 4.69) is 11.9 Å². The summed E-state index contributed by atoms with van der Waals surface area (Å²) in [5.41, 5.74) is 5.63. The van der Waals surface area contributed by atoms with Gasteiger partial charge in [0, 0.05) is 53.8 Å². The molecular formula is C31H34BCl2N3O2. The predicted octanol–water partition coefficient (Wildman–Crippen LogP) is 5.24. The van der Waals surface area contributed by atoms with Crippen molar-refractivity contribution in [2.45, 2.75) is 51.4 Å². The van der Waals surface area contributed by atoms with Crippen LogP contribution in [-0.4, -0.2) is 49.2 Å². The molecule has 2 radical (unpaired) electrons. The third-order valence-corrected chi connectivity index (χ3v) is 8.17. The molecule has 0 spiro atoms. The van der Waals surface area contributed by atoms with Gasteiger partial charge >= 0.3 is 0 Å². The minimum atomic E-state index is -0.185. The van der Waals surface area contributed by atoms with Crippen LogP contribution in [0.2, 0.25) is 10.0 Å². The molecule has 8 heteroatoms. The number of rotatable bonds is 8. The third-order valence-electron chi connectivity index (χ3n) is 7.64. The minimum Gasteiger partial charge on any atom is -0.352 e. The molecule has 2 heterocycles. The third kappa shape index (κ3) is 7.04. The van der Waals surface area contributed by atoms with E-state index in [0.29, 0.717) is 59.5 Å². The van der Waals surface area contributed by atoms with Gasteiger partial charge in [0.15, 0.2) is 0 Å². The largest absolute Gasteiger partial charge is 0.352 e. The van der Waals surface area contributed by atoms with Gasteiger partial charge in [-0.25, -0.2) is 0 Å². The first-order chi connectivity index (χ1) is 18.8. The van der Waals surface area contributed by atoms with Crippen molar-refractivity contribution in [2.75, 3.05) is 19.6 Å². The van der Waals surface area contributed by atoms with Gasteiger partial charge in [0.2, 0.25) is 5.91 Å². The van der Waals surface area contributed by atoms with E-state index in [1.807, 2.05) is 36.1 Å². The monoisotopic (exact) mass is 561 g/mol. The Labute approximate surface area is 242 Å². The number of halogens is 2. The number of amides is 2. The summed E-state index contributed by atoms with van der Waals surface area (Å²) < 4.78 is 0. The zero-order valence-corrected chi connectivity index (χ0v) is 23.9. The Morgan fingerprint density at radius 1 is 1.18 bits per heavy atom. The smallest absolute Gasteiger partial charge is 0.251 e. The molecule has 1 unspecified atom stereocenters. The van der Waals surface area contributed by atoms with Crippen molar-refractivity contribution in [3.8, 4) is 0 Å². The molecule has 202 valence electrons. The van der Waals surface area contributed by atoms with E-state index in [1.54, 1.807) is 18.3 Å². The first-order valence-electron chi connectivity index (χ1n) is 13.6. The van der Waals surface area contributed by atoms with Crippen molar-refractivity contribution in [3.63, 3.8) is 0 Å². The molecule has 1 fully saturated rings. The fraction of sp³-hybridized carbons (Fsp3) is 0.387. The maximum Gasteiger partial charge on any atom is 0.251 e. The molecule has 39 heavy (non-hydrogen) atoms. The number of hydrogen-bond donors (Lipinski definition) is 1. The molecule has 4 rings (SSSR count). The number of pyridine rings is 1. The van der Waals surface area contributed by atoms with Crippen LogP contribution in [0.3, 0.4) is 0 Å². The van der Waals surface area contributed by atoms with Crippen LogP contribution in [0.15, 0.2) is 60.9 Å². The molecule has 2 amide bonds. The highest BCUT2D eigenvalue weighted by Crippen LogP contribution is 2.45. The van der Waals surface area contributed by atoms with E-state index in [1.165, 1.54) is 6.08 Å². The van der Waals surface area contributed by atoms with E-state index in [4.69, 9.17) is 36.0 Å². The van der Waals surface area contributed by atoms with Gasteiger partial charge in [0.25, 0.3) is 5.91 Å². The van der Waals surface area contributed by atoms with Crippen LogP contribution >= 0.6 is 23.2 Å². The van der Waals surface area contributed by atoms with Crippen LogP contribution < -0.4 is 10.8 Å². The summed E-state index contributed by atoms with van der Waals surface area (Å²) in [6, 6.07) is 5.88. The number of nitrogens with zero attached hydrogens (tertiary/aromatic N) is 2. The molecule has 1 aromatic heterocycles. The molecule has 0 bridgehead atoms. The number of carbonyl (C=O) groups is 2. The van der Waals surface area contributed by atoms with Crippen molar-refractivity contribution in [1.82, 2.24) is 15.2 Å². The molecule has 1 aliphatic heterocycles. The number of aryl methyl sites for hydroxylation is 2. The molecule has 1 atom stereocenters. The molecule has 1 aromatic carbocycles. The molecule has 1 saturated heterocycles. The second-order valence-electron chi connectivity index (χ2n) is 10.2. The first kappa shape index (κ1) is 29.2. The second-order valence-corrected chi connectivity index (χ2v) is 11.0. The van der Waals surface area contributed by atoms with Crippen molar-refractivity contribution >= 4 is 48.3 Å². The Morgan fingerprint density at radius 2 is 1.92 bits per heavy atom. The molecule has 0 saturated carbocycles. The van der Waals surface area contributed by atoms with Crippen molar-refractivity contribution < 1.29 is 9.59 Å². The van der Waals surface area contributed by atoms with Crippen LogP contribution in [0, 0.1) is 5.92 Å². The summed E-state index contributed by atoms with van der Waals surface area (Å²) in [5.74, 6) is 0.258. The number of aromatic nitrogens is 1. The SMILES string of the molecule is [B]c1cnc2c(c1)CCc1cc(Cl)cc(Cl)c1C2C1CCN(C(=O)CCCNC(=O)/C(C=C)=C/C=C\C)CC1. The lowest BCUT2D eigenvalue weighted by atomic mass is 9.76. The van der Waals surface area contributed by atoms with Gasteiger partial charge in [-0.1, -0.05) is 59.5 Å². The number of carbonyl (C=O) groups excluding carboxylic acids is 2. The maximum absolute atomic E-state index is 13.0. The topological polar surface area (TPSA) is 62.3 Å². The summed E-state index contributed by atoms with van der Waals surface area (Å²) in [6.45, 7) is 7.38. The average molecular weight is 562 g/mol. The van der Waals surface area contributed by atoms with Gasteiger partial charge in [-0.05, 0) is 79.8 Å². The summed E-state index contributed by atoms with van der Waals surface area (Å²) in [4.78, 5) is 32.0. The Morgan fingerprint density at radius 3 is 2.64 bits per heavy atom. The number of fused-ring (bicyclic) bond motifs is 2. The van der Waals surface area contributed by atoms with Gasteiger partial charge in [0.1, 0.15) is 7.85 Å². The number of piperidine rings is 1. The summed E-state index contributed by atoms with van der Waals surface area (Å²) in [7, 11) is 6.09. The number of nitrogens with one attached hydrogen (secondary N) is 1. The molecule has 2 aliphatic rings. The summed E-state index contributed by atoms with van der Waals surface area (Å²) in [5, 5.41) is 4.18. The standard InChI is InChI=1S/C31H34BCl2N3O2/c1-3-5-7-20(4-2)31(39)35-13-6-8-27(38)37-14-11-21(12-15-37)29-28-22(17-25(33)18-26(28)34)9-10-23-16-24(32)19-36-30(23)29/h3-5,7,16-19,21,29H,2,6,8-15H2,1H3,(H,35,39)/b5-3-,20-7+. The number of benzene rings is 1. The fourth-order valence-electron chi connectivity index (χ4n) is 5.70. The lowest BCUT2D eigenvalue weighted by Crippen LogP contribution is -2.40. The first-order valence-corrected chi connectivity index (χ1v) is 14.3. The number of allylic oxidation sites excluding steroid dienone is 3. The highest BCUT2D eigenvalue weighted by molar-refractivity contribution is 6.35. The quantitative estimate of drug-likeness (QED) is 0.207. The lowest BCUT2D eigenvalue weighted by Gasteiger charge is -2.37. The van der Waals surface area contributed by atoms with E-state index in [-0.39, 0.29) is 17.7 Å². The van der Waals surface area contributed by atoms with Gasteiger partial charge in [-0.3, -0.25) is 14.6 Å². The highest BCUT2D eigenvalue weighted by Gasteiger charge is 2.36. The molecule has 1 aliphatic carbocycles. The van der Waals surface area contributed by atoms with Crippen molar-refractivity contribution in [2.24, 2.45) is 5.92 Å². The van der Waals surface area contributed by atoms with Gasteiger partial charge in [0.05, 0.1) is 5.69 Å². The zero-order valence-electron chi connectivity index (χ0n) is 22.4. The summed E-state index contributed by atoms with van der Waals surface area (Å²) >= 11 is 13.2. The Hall–Kier alpha value is -2.83. The van der Waals surface area contributed by atoms with Crippen molar-refractivity contribution in [1.29, 1.82) is 0 Å². The molecule has 2 aromatic rings. The average Bonchev–Trinajstić information content (AvgIpc) is 3.08. The molecule has 5 nitrogen and oxygen atoms in total. The van der Waals surface area contributed by atoms with Gasteiger partial charge in [-0.2, -0.15) is 0 Å². The van der Waals surface area contributed by atoms with E-state index >= 15 is 0 Å². The lowest BCUT2D eigenvalue weighted by molar-refractivity contribution is -0.132. The normalized spacial score (nSPS) is 17.9. The maximum atomic E-state index is 13.0. The Kier molecular flexibility index (Phi) is 10.1. The van der Waals surface area contributed by atoms with Crippen molar-refractivity contribution in [3.05, 3.63) is 93.3 Å². The van der Waals surface area contributed by atoms with Gasteiger partial charge < -0.3 is 10.2 Å². The Bertz CT molecular complexity index is 1300. The summed E-state index contributed by atoms with van der Waals surface area (Å²) in [6.07, 6.45) is 13.0. The molecule has 1 N–H and O–H groups in total. The van der Waals surface area contributed by atoms with Crippen LogP contribution in [0.4, 0.5) is 0 Å². The fourth-order valence-corrected chi connectivity index (χ4v) is 6.35. The van der Waals surface area contributed by atoms with Gasteiger partial charge in [-0.15, -0.1) is 0 Å². The minimum absolute atomic E-state index is 0.0324. The number of likely N-dealkylation sites (tertiary alicyclic amines) is 1.